The van der Waals surface area contributed by atoms with Crippen LogP contribution in [0.15, 0.2) is 28.2 Å². The molecule has 0 saturated carbocycles. The second-order valence-corrected chi connectivity index (χ2v) is 3.50. The number of carboxylic acids is 1. The third-order valence-corrected chi connectivity index (χ3v) is 2.25. The first-order chi connectivity index (χ1) is 7.04. The standard InChI is InChI=1S/C10H5BrFNO2/c11-8-2-1-6(4-9(8)12)3-7(5-13)10(14)15/h1-4H,(H,14,15)/b7-3+. The smallest absolute Gasteiger partial charge is 0.346 e. The van der Waals surface area contributed by atoms with Crippen molar-refractivity contribution in [2.45, 2.75) is 0 Å². The van der Waals surface area contributed by atoms with E-state index in [0.29, 0.717) is 5.56 Å². The van der Waals surface area contributed by atoms with Crippen LogP contribution in [-0.4, -0.2) is 11.1 Å². The molecule has 0 bridgehead atoms. The van der Waals surface area contributed by atoms with Crippen LogP contribution in [0.3, 0.4) is 0 Å². The first-order valence-electron chi connectivity index (χ1n) is 3.84. The Balaban J connectivity index is 3.14. The van der Waals surface area contributed by atoms with E-state index in [4.69, 9.17) is 10.4 Å². The van der Waals surface area contributed by atoms with Crippen LogP contribution in [0.2, 0.25) is 0 Å². The van der Waals surface area contributed by atoms with Gasteiger partial charge in [-0.05, 0) is 39.7 Å². The van der Waals surface area contributed by atoms with Gasteiger partial charge in [0.05, 0.1) is 4.47 Å². The summed E-state index contributed by atoms with van der Waals surface area (Å²) in [5.41, 5.74) is -0.105. The average Bonchev–Trinajstić information content (AvgIpc) is 2.19. The molecule has 1 rings (SSSR count). The van der Waals surface area contributed by atoms with Gasteiger partial charge in [0, 0.05) is 0 Å². The summed E-state index contributed by atoms with van der Waals surface area (Å²) in [5.74, 6) is -1.84. The molecule has 0 aliphatic heterocycles. The third kappa shape index (κ3) is 2.89. The van der Waals surface area contributed by atoms with Gasteiger partial charge in [-0.2, -0.15) is 5.26 Å². The Labute approximate surface area is 93.6 Å². The van der Waals surface area contributed by atoms with E-state index in [9.17, 15) is 9.18 Å². The van der Waals surface area contributed by atoms with Crippen LogP contribution in [0.4, 0.5) is 4.39 Å². The van der Waals surface area contributed by atoms with Crippen LogP contribution < -0.4 is 0 Å². The maximum absolute atomic E-state index is 13.0. The predicted molar refractivity (Wildman–Crippen MR) is 55.3 cm³/mol. The molecule has 0 heterocycles. The van der Waals surface area contributed by atoms with Gasteiger partial charge in [0.2, 0.25) is 0 Å². The molecule has 3 nitrogen and oxygen atoms in total. The number of aliphatic carboxylic acids is 1. The van der Waals surface area contributed by atoms with Gasteiger partial charge in [-0.1, -0.05) is 6.07 Å². The monoisotopic (exact) mass is 269 g/mol. The highest BCUT2D eigenvalue weighted by Crippen LogP contribution is 2.17. The molecule has 1 aromatic rings. The first-order valence-corrected chi connectivity index (χ1v) is 4.64. The number of rotatable bonds is 2. The minimum Gasteiger partial charge on any atom is -0.477 e. The largest absolute Gasteiger partial charge is 0.477 e. The van der Waals surface area contributed by atoms with Crippen LogP contribution in [0.25, 0.3) is 6.08 Å². The molecule has 76 valence electrons. The Morgan fingerprint density at radius 3 is 2.73 bits per heavy atom. The lowest BCUT2D eigenvalue weighted by Gasteiger charge is -1.97. The lowest BCUT2D eigenvalue weighted by molar-refractivity contribution is -0.132. The van der Waals surface area contributed by atoms with Gasteiger partial charge in [-0.25, -0.2) is 9.18 Å². The predicted octanol–water partition coefficient (Wildman–Crippen LogP) is 2.58. The molecule has 0 aliphatic rings. The molecule has 0 atom stereocenters. The zero-order valence-electron chi connectivity index (χ0n) is 7.37. The summed E-state index contributed by atoms with van der Waals surface area (Å²) in [6, 6.07) is 5.60. The number of benzene rings is 1. The van der Waals surface area contributed by atoms with Crippen LogP contribution in [0.5, 0.6) is 0 Å². The van der Waals surface area contributed by atoms with Crippen LogP contribution in [0.1, 0.15) is 5.56 Å². The Hall–Kier alpha value is -1.67. The molecule has 0 fully saturated rings. The van der Waals surface area contributed by atoms with Crippen molar-refractivity contribution in [3.63, 3.8) is 0 Å². The third-order valence-electron chi connectivity index (χ3n) is 1.61. The highest BCUT2D eigenvalue weighted by Gasteiger charge is 2.06. The second-order valence-electron chi connectivity index (χ2n) is 2.65. The Morgan fingerprint density at radius 1 is 1.60 bits per heavy atom. The molecule has 15 heavy (non-hydrogen) atoms. The number of hydrogen-bond acceptors (Lipinski definition) is 2. The molecule has 0 aliphatic carbocycles. The van der Waals surface area contributed by atoms with E-state index in [-0.39, 0.29) is 4.47 Å². The summed E-state index contributed by atoms with van der Waals surface area (Å²) in [6.07, 6.45) is 1.11. The lowest BCUT2D eigenvalue weighted by Crippen LogP contribution is -1.97. The summed E-state index contributed by atoms with van der Waals surface area (Å²) in [7, 11) is 0. The highest BCUT2D eigenvalue weighted by atomic mass is 79.9. The number of nitrogens with zero attached hydrogens (tertiary/aromatic N) is 1. The Bertz CT molecular complexity index is 477. The first kappa shape index (κ1) is 11.4. The maximum Gasteiger partial charge on any atom is 0.346 e. The number of halogens is 2. The highest BCUT2D eigenvalue weighted by molar-refractivity contribution is 9.10. The quantitative estimate of drug-likeness (QED) is 0.663. The molecular weight excluding hydrogens is 265 g/mol. The van der Waals surface area contributed by atoms with Crippen molar-refractivity contribution < 1.29 is 14.3 Å². The van der Waals surface area contributed by atoms with E-state index in [0.717, 1.165) is 12.1 Å². The molecule has 0 unspecified atom stereocenters. The van der Waals surface area contributed by atoms with Crippen molar-refractivity contribution in [3.05, 3.63) is 39.6 Å². The van der Waals surface area contributed by atoms with E-state index in [1.807, 2.05) is 0 Å². The maximum atomic E-state index is 13.0. The van der Waals surface area contributed by atoms with Crippen LogP contribution in [-0.2, 0) is 4.79 Å². The van der Waals surface area contributed by atoms with Crippen molar-refractivity contribution >= 4 is 28.0 Å². The van der Waals surface area contributed by atoms with E-state index in [1.54, 1.807) is 0 Å². The second kappa shape index (κ2) is 4.71. The van der Waals surface area contributed by atoms with Gasteiger partial charge in [0.15, 0.2) is 0 Å². The zero-order chi connectivity index (χ0) is 11.4. The number of hydrogen-bond donors (Lipinski definition) is 1. The number of nitriles is 1. The summed E-state index contributed by atoms with van der Waals surface area (Å²) < 4.78 is 13.3. The van der Waals surface area contributed by atoms with Gasteiger partial charge in [-0.3, -0.25) is 0 Å². The Kier molecular flexibility index (Phi) is 3.58. The Morgan fingerprint density at radius 2 is 2.27 bits per heavy atom. The van der Waals surface area contributed by atoms with Crippen molar-refractivity contribution in [2.75, 3.05) is 0 Å². The van der Waals surface area contributed by atoms with Crippen LogP contribution >= 0.6 is 15.9 Å². The molecule has 0 radical (unpaired) electrons. The van der Waals surface area contributed by atoms with Crippen molar-refractivity contribution in [1.82, 2.24) is 0 Å². The molecule has 0 saturated heterocycles. The van der Waals surface area contributed by atoms with Gasteiger partial charge < -0.3 is 5.11 Å². The molecule has 1 N–H and O–H groups in total. The van der Waals surface area contributed by atoms with E-state index < -0.39 is 17.4 Å². The van der Waals surface area contributed by atoms with Crippen molar-refractivity contribution in [1.29, 1.82) is 5.26 Å². The molecular formula is C10H5BrFNO2. The average molecular weight is 270 g/mol. The van der Waals surface area contributed by atoms with E-state index in [1.165, 1.54) is 18.2 Å². The summed E-state index contributed by atoms with van der Waals surface area (Å²) in [6.45, 7) is 0. The molecule has 0 spiro atoms. The SMILES string of the molecule is N#C/C(=C\c1ccc(Br)c(F)c1)C(=O)O. The molecule has 1 aromatic carbocycles. The molecule has 0 amide bonds. The van der Waals surface area contributed by atoms with Crippen molar-refractivity contribution in [3.8, 4) is 6.07 Å². The van der Waals surface area contributed by atoms with Crippen LogP contribution in [0, 0.1) is 17.1 Å². The fourth-order valence-electron chi connectivity index (χ4n) is 0.911. The van der Waals surface area contributed by atoms with Gasteiger partial charge in [0.1, 0.15) is 17.5 Å². The summed E-state index contributed by atoms with van der Waals surface area (Å²) in [5, 5.41) is 17.0. The summed E-state index contributed by atoms with van der Waals surface area (Å²) in [4.78, 5) is 10.5. The lowest BCUT2D eigenvalue weighted by atomic mass is 10.1. The van der Waals surface area contributed by atoms with Crippen molar-refractivity contribution in [2.24, 2.45) is 0 Å². The minimum atomic E-state index is -1.33. The van der Waals surface area contributed by atoms with E-state index >= 15 is 0 Å². The number of carboxylic acid groups (broad SMARTS) is 1. The normalized spacial score (nSPS) is 10.9. The van der Waals surface area contributed by atoms with E-state index in [2.05, 4.69) is 15.9 Å². The zero-order valence-corrected chi connectivity index (χ0v) is 8.95. The van der Waals surface area contributed by atoms with Gasteiger partial charge >= 0.3 is 5.97 Å². The minimum absolute atomic E-state index is 0.286. The molecule has 0 aromatic heterocycles. The fourth-order valence-corrected chi connectivity index (χ4v) is 1.16. The molecule has 5 heteroatoms. The fraction of sp³-hybridized carbons (Fsp3) is 0. The summed E-state index contributed by atoms with van der Waals surface area (Å²) >= 11 is 2.96. The van der Waals surface area contributed by atoms with Gasteiger partial charge in [0.25, 0.3) is 0 Å². The number of carbonyl (C=O) groups is 1. The topological polar surface area (TPSA) is 61.1 Å². The van der Waals surface area contributed by atoms with Gasteiger partial charge in [-0.15, -0.1) is 0 Å².